The molecule has 2 heterocycles. The Kier molecular flexibility index (Phi) is 5.03. The van der Waals surface area contributed by atoms with Gasteiger partial charge in [-0.05, 0) is 18.2 Å². The fraction of sp³-hybridized carbons (Fsp3) is 0.0526. The summed E-state index contributed by atoms with van der Waals surface area (Å²) in [6.45, 7) is 4.12. The first-order valence-electron chi connectivity index (χ1n) is 7.43. The summed E-state index contributed by atoms with van der Waals surface area (Å²) < 4.78 is 5.20. The lowest BCUT2D eigenvalue weighted by atomic mass is 10.2. The third kappa shape index (κ3) is 3.70. The quantitative estimate of drug-likeness (QED) is 0.487. The van der Waals surface area contributed by atoms with Gasteiger partial charge in [0.25, 0.3) is 5.91 Å². The minimum absolute atomic E-state index is 0.166. The molecule has 1 aromatic carbocycles. The van der Waals surface area contributed by atoms with Gasteiger partial charge in [-0.2, -0.15) is 0 Å². The van der Waals surface area contributed by atoms with Crippen molar-refractivity contribution in [2.45, 2.75) is 0 Å². The van der Waals surface area contributed by atoms with E-state index in [2.05, 4.69) is 11.6 Å². The van der Waals surface area contributed by atoms with Crippen molar-refractivity contribution >= 4 is 28.5 Å². The van der Waals surface area contributed by atoms with E-state index in [4.69, 9.17) is 4.42 Å². The van der Waals surface area contributed by atoms with Gasteiger partial charge in [-0.15, -0.1) is 17.9 Å². The van der Waals surface area contributed by atoms with Crippen LogP contribution >= 0.6 is 11.3 Å². The molecule has 0 unspecified atom stereocenters. The number of hydrogen-bond donors (Lipinski definition) is 0. The summed E-state index contributed by atoms with van der Waals surface area (Å²) in [5, 5.41) is 2.59. The molecule has 2 aromatic heterocycles. The van der Waals surface area contributed by atoms with Crippen LogP contribution < -0.4 is 4.90 Å². The summed E-state index contributed by atoms with van der Waals surface area (Å²) in [7, 11) is 0. The molecule has 3 rings (SSSR count). The van der Waals surface area contributed by atoms with Crippen molar-refractivity contribution in [2.75, 3.05) is 11.4 Å². The number of carbonyl (C=O) groups excluding carboxylic acids is 1. The molecular weight excluding hydrogens is 320 g/mol. The SMILES string of the molecule is C=CCN(C(=O)C=Cc1ccco1)c1nc(-c2ccccc2)cs1. The van der Waals surface area contributed by atoms with E-state index in [9.17, 15) is 4.79 Å². The maximum absolute atomic E-state index is 12.5. The first-order valence-corrected chi connectivity index (χ1v) is 8.31. The highest BCUT2D eigenvalue weighted by Crippen LogP contribution is 2.27. The Hall–Kier alpha value is -2.92. The van der Waals surface area contributed by atoms with Crippen molar-refractivity contribution in [1.82, 2.24) is 4.98 Å². The Morgan fingerprint density at radius 2 is 2.08 bits per heavy atom. The number of anilines is 1. The van der Waals surface area contributed by atoms with Crippen LogP contribution in [0, 0.1) is 0 Å². The van der Waals surface area contributed by atoms with Crippen LogP contribution in [-0.4, -0.2) is 17.4 Å². The molecule has 5 heteroatoms. The summed E-state index contributed by atoms with van der Waals surface area (Å²) >= 11 is 1.43. The molecule has 0 aliphatic rings. The Bertz CT molecular complexity index is 835. The van der Waals surface area contributed by atoms with Crippen LogP contribution in [0.2, 0.25) is 0 Å². The lowest BCUT2D eigenvalue weighted by Gasteiger charge is -2.15. The lowest BCUT2D eigenvalue weighted by Crippen LogP contribution is -2.29. The second kappa shape index (κ2) is 7.57. The Morgan fingerprint density at radius 1 is 1.25 bits per heavy atom. The third-order valence-electron chi connectivity index (χ3n) is 3.30. The highest BCUT2D eigenvalue weighted by Gasteiger charge is 2.16. The van der Waals surface area contributed by atoms with Crippen LogP contribution in [-0.2, 0) is 4.79 Å². The van der Waals surface area contributed by atoms with Crippen molar-refractivity contribution in [3.63, 3.8) is 0 Å². The summed E-state index contributed by atoms with van der Waals surface area (Å²) in [6, 6.07) is 13.5. The Morgan fingerprint density at radius 3 is 2.79 bits per heavy atom. The molecule has 0 aliphatic carbocycles. The van der Waals surface area contributed by atoms with Gasteiger partial charge >= 0.3 is 0 Å². The first-order chi connectivity index (χ1) is 11.8. The molecule has 0 fully saturated rings. The number of carbonyl (C=O) groups is 1. The number of furan rings is 1. The summed E-state index contributed by atoms with van der Waals surface area (Å²) in [5.41, 5.74) is 1.88. The van der Waals surface area contributed by atoms with Gasteiger partial charge in [0.2, 0.25) is 0 Å². The van der Waals surface area contributed by atoms with Gasteiger partial charge in [0, 0.05) is 23.6 Å². The zero-order valence-electron chi connectivity index (χ0n) is 13.0. The van der Waals surface area contributed by atoms with Crippen molar-refractivity contribution < 1.29 is 9.21 Å². The smallest absolute Gasteiger partial charge is 0.253 e. The van der Waals surface area contributed by atoms with Gasteiger partial charge in [0.1, 0.15) is 5.76 Å². The molecular formula is C19H16N2O2S. The highest BCUT2D eigenvalue weighted by molar-refractivity contribution is 7.14. The van der Waals surface area contributed by atoms with Crippen LogP contribution in [0.1, 0.15) is 5.76 Å². The van der Waals surface area contributed by atoms with E-state index in [1.165, 1.54) is 17.4 Å². The van der Waals surface area contributed by atoms with Gasteiger partial charge in [0.05, 0.1) is 12.0 Å². The van der Waals surface area contributed by atoms with Crippen molar-refractivity contribution in [2.24, 2.45) is 0 Å². The zero-order chi connectivity index (χ0) is 16.8. The summed E-state index contributed by atoms with van der Waals surface area (Å²) in [5.74, 6) is 0.464. The van der Waals surface area contributed by atoms with E-state index < -0.39 is 0 Å². The fourth-order valence-corrected chi connectivity index (χ4v) is 3.00. The predicted octanol–water partition coefficient (Wildman–Crippen LogP) is 4.64. The topological polar surface area (TPSA) is 46.3 Å². The van der Waals surface area contributed by atoms with Gasteiger partial charge in [-0.25, -0.2) is 4.98 Å². The van der Waals surface area contributed by atoms with Crippen molar-refractivity contribution in [3.8, 4) is 11.3 Å². The van der Waals surface area contributed by atoms with E-state index in [1.807, 2.05) is 35.7 Å². The number of amides is 1. The maximum Gasteiger partial charge on any atom is 0.253 e. The molecule has 3 aromatic rings. The highest BCUT2D eigenvalue weighted by atomic mass is 32.1. The van der Waals surface area contributed by atoms with Crippen LogP contribution in [0.15, 0.2) is 77.3 Å². The van der Waals surface area contributed by atoms with E-state index in [0.717, 1.165) is 11.3 Å². The molecule has 0 bridgehead atoms. The van der Waals surface area contributed by atoms with Crippen LogP contribution in [0.4, 0.5) is 5.13 Å². The molecule has 120 valence electrons. The molecule has 0 N–H and O–H groups in total. The number of nitrogens with zero attached hydrogens (tertiary/aromatic N) is 2. The Labute approximate surface area is 144 Å². The second-order valence-corrected chi connectivity index (χ2v) is 5.80. The van der Waals surface area contributed by atoms with Crippen molar-refractivity contribution in [3.05, 3.63) is 78.6 Å². The molecule has 0 atom stereocenters. The van der Waals surface area contributed by atoms with E-state index in [-0.39, 0.29) is 5.91 Å². The average molecular weight is 336 g/mol. The van der Waals surface area contributed by atoms with Crippen LogP contribution in [0.5, 0.6) is 0 Å². The Balaban J connectivity index is 1.82. The predicted molar refractivity (Wildman–Crippen MR) is 97.8 cm³/mol. The molecule has 4 nitrogen and oxygen atoms in total. The average Bonchev–Trinajstić information content (AvgIpc) is 3.30. The molecule has 0 saturated carbocycles. The standard InChI is InChI=1S/C19H16N2O2S/c1-2-12-21(18(22)11-10-16-9-6-13-23-16)19-20-17(14-24-19)15-7-4-3-5-8-15/h2-11,13-14H,1,12H2. The molecule has 0 saturated heterocycles. The van der Waals surface area contributed by atoms with Gasteiger partial charge in [-0.1, -0.05) is 36.4 Å². The normalized spacial score (nSPS) is 10.8. The van der Waals surface area contributed by atoms with Crippen LogP contribution in [0.3, 0.4) is 0 Å². The molecule has 0 spiro atoms. The van der Waals surface area contributed by atoms with Crippen LogP contribution in [0.25, 0.3) is 17.3 Å². The molecule has 24 heavy (non-hydrogen) atoms. The van der Waals surface area contributed by atoms with Crippen molar-refractivity contribution in [1.29, 1.82) is 0 Å². The number of rotatable bonds is 6. The van der Waals surface area contributed by atoms with E-state index in [1.54, 1.807) is 35.4 Å². The zero-order valence-corrected chi connectivity index (χ0v) is 13.8. The van der Waals surface area contributed by atoms with E-state index >= 15 is 0 Å². The fourth-order valence-electron chi connectivity index (χ4n) is 2.15. The minimum atomic E-state index is -0.166. The number of thiazole rings is 1. The lowest BCUT2D eigenvalue weighted by molar-refractivity contribution is -0.114. The minimum Gasteiger partial charge on any atom is -0.465 e. The number of benzene rings is 1. The first kappa shape index (κ1) is 16.0. The molecule has 1 amide bonds. The third-order valence-corrected chi connectivity index (χ3v) is 4.17. The monoisotopic (exact) mass is 336 g/mol. The van der Waals surface area contributed by atoms with Gasteiger partial charge < -0.3 is 4.42 Å². The summed E-state index contributed by atoms with van der Waals surface area (Å²) in [6.07, 6.45) is 6.37. The number of aromatic nitrogens is 1. The molecule has 0 aliphatic heterocycles. The molecule has 0 radical (unpaired) electrons. The van der Waals surface area contributed by atoms with Gasteiger partial charge in [0.15, 0.2) is 5.13 Å². The second-order valence-electron chi connectivity index (χ2n) is 4.97. The maximum atomic E-state index is 12.5. The van der Waals surface area contributed by atoms with Gasteiger partial charge in [-0.3, -0.25) is 9.69 Å². The largest absolute Gasteiger partial charge is 0.465 e. The summed E-state index contributed by atoms with van der Waals surface area (Å²) in [4.78, 5) is 18.7. The number of hydrogen-bond acceptors (Lipinski definition) is 4. The van der Waals surface area contributed by atoms with E-state index in [0.29, 0.717) is 17.4 Å².